The van der Waals surface area contributed by atoms with Crippen LogP contribution >= 0.6 is 27.5 Å². The fourth-order valence-electron chi connectivity index (χ4n) is 4.53. The van der Waals surface area contributed by atoms with Crippen LogP contribution in [0.3, 0.4) is 0 Å². The van der Waals surface area contributed by atoms with Gasteiger partial charge in [-0.25, -0.2) is 18.4 Å². The zero-order valence-electron chi connectivity index (χ0n) is 18.4. The summed E-state index contributed by atoms with van der Waals surface area (Å²) in [6.07, 6.45) is -4.31. The van der Waals surface area contributed by atoms with Gasteiger partial charge >= 0.3 is 18.2 Å². The van der Waals surface area contributed by atoms with E-state index < -0.39 is 47.2 Å². The van der Waals surface area contributed by atoms with E-state index in [1.807, 2.05) is 0 Å². The van der Waals surface area contributed by atoms with Crippen molar-refractivity contribution >= 4 is 56.7 Å². The highest BCUT2D eigenvalue weighted by Gasteiger charge is 2.40. The van der Waals surface area contributed by atoms with Crippen LogP contribution in [0.1, 0.15) is 28.3 Å². The van der Waals surface area contributed by atoms with Crippen LogP contribution in [-0.2, 0) is 12.6 Å². The first-order valence-electron chi connectivity index (χ1n) is 10.8. The Hall–Kier alpha value is -3.38. The predicted molar refractivity (Wildman–Crippen MR) is 131 cm³/mol. The van der Waals surface area contributed by atoms with E-state index in [0.717, 1.165) is 17.7 Å². The molecule has 192 valence electrons. The lowest BCUT2D eigenvalue weighted by atomic mass is 9.91. The van der Waals surface area contributed by atoms with Crippen LogP contribution in [0, 0.1) is 11.6 Å². The lowest BCUT2D eigenvalue weighted by molar-refractivity contribution is -0.137. The molecule has 2 aliphatic rings. The summed E-state index contributed by atoms with van der Waals surface area (Å²) in [6, 6.07) is 4.54. The molecule has 0 aromatic heterocycles. The number of alkyl halides is 3. The largest absolute Gasteiger partial charge is 0.416 e. The van der Waals surface area contributed by atoms with Crippen molar-refractivity contribution in [1.29, 1.82) is 0 Å². The first-order valence-corrected chi connectivity index (χ1v) is 11.9. The zero-order valence-corrected chi connectivity index (χ0v) is 20.8. The second-order valence-corrected chi connectivity index (χ2v) is 9.66. The normalized spacial score (nSPS) is 16.4. The van der Waals surface area contributed by atoms with Gasteiger partial charge in [0.15, 0.2) is 0 Å². The number of halogens is 7. The van der Waals surface area contributed by atoms with Crippen molar-refractivity contribution in [2.75, 3.05) is 22.1 Å². The van der Waals surface area contributed by atoms with Gasteiger partial charge in [0.2, 0.25) is 0 Å². The zero-order chi connectivity index (χ0) is 26.6. The van der Waals surface area contributed by atoms with E-state index in [0.29, 0.717) is 40.8 Å². The fraction of sp³-hybridized carbons (Fsp3) is 0.167. The number of carbonyl (C=O) groups excluding carboxylic acids is 2. The Labute approximate surface area is 219 Å². The Balaban J connectivity index is 1.56. The molecular formula is C24H15BrClF5N4O2. The molecule has 13 heteroatoms. The van der Waals surface area contributed by atoms with E-state index in [4.69, 9.17) is 11.6 Å². The molecule has 5 rings (SSSR count). The molecule has 2 heterocycles. The molecule has 2 aliphatic heterocycles. The molecule has 37 heavy (non-hydrogen) atoms. The summed E-state index contributed by atoms with van der Waals surface area (Å²) in [4.78, 5) is 27.2. The van der Waals surface area contributed by atoms with Crippen LogP contribution in [0.5, 0.6) is 0 Å². The topological polar surface area (TPSA) is 73.5 Å². The summed E-state index contributed by atoms with van der Waals surface area (Å²) in [7, 11) is 0. The number of amides is 4. The fourth-order valence-corrected chi connectivity index (χ4v) is 5.37. The minimum Gasteiger partial charge on any atom is -0.327 e. The van der Waals surface area contributed by atoms with Crippen LogP contribution < -0.4 is 20.9 Å². The molecule has 1 unspecified atom stereocenters. The van der Waals surface area contributed by atoms with Gasteiger partial charge in [0.1, 0.15) is 11.6 Å². The number of rotatable bonds is 3. The third-order valence-electron chi connectivity index (χ3n) is 6.05. The SMILES string of the molecule is O=C(Nc1cc(F)cc(C(F)(F)F)c1)Nc1cc(Br)c2c3c1C(c1cc(F)ccc1Cl)NC(=O)N3CC2. The molecule has 0 bridgehead atoms. The summed E-state index contributed by atoms with van der Waals surface area (Å²) in [5.41, 5.74) is 0.434. The number of anilines is 3. The highest BCUT2D eigenvalue weighted by atomic mass is 79.9. The van der Waals surface area contributed by atoms with Crippen LogP contribution in [-0.4, -0.2) is 18.6 Å². The van der Waals surface area contributed by atoms with Crippen molar-refractivity contribution in [1.82, 2.24) is 5.32 Å². The van der Waals surface area contributed by atoms with Crippen molar-refractivity contribution in [3.05, 3.63) is 85.8 Å². The van der Waals surface area contributed by atoms with Crippen molar-refractivity contribution in [2.45, 2.75) is 18.6 Å². The summed E-state index contributed by atoms with van der Waals surface area (Å²) >= 11 is 9.77. The monoisotopic (exact) mass is 600 g/mol. The van der Waals surface area contributed by atoms with Gasteiger partial charge in [0, 0.05) is 32.9 Å². The van der Waals surface area contributed by atoms with Gasteiger partial charge in [-0.05, 0) is 54.4 Å². The Morgan fingerprint density at radius 3 is 2.57 bits per heavy atom. The molecule has 0 spiro atoms. The first kappa shape index (κ1) is 25.3. The molecule has 6 nitrogen and oxygen atoms in total. The summed E-state index contributed by atoms with van der Waals surface area (Å²) in [6.45, 7) is 0.357. The van der Waals surface area contributed by atoms with E-state index >= 15 is 0 Å². The molecule has 3 aromatic carbocycles. The first-order chi connectivity index (χ1) is 17.4. The van der Waals surface area contributed by atoms with E-state index in [-0.39, 0.29) is 16.3 Å². The molecule has 3 aromatic rings. The van der Waals surface area contributed by atoms with Crippen LogP contribution in [0.15, 0.2) is 46.9 Å². The molecular weight excluding hydrogens is 587 g/mol. The number of hydrogen-bond donors (Lipinski definition) is 3. The molecule has 3 N–H and O–H groups in total. The third kappa shape index (κ3) is 4.71. The summed E-state index contributed by atoms with van der Waals surface area (Å²) in [5, 5.41) is 7.72. The van der Waals surface area contributed by atoms with Crippen molar-refractivity contribution in [3.8, 4) is 0 Å². The van der Waals surface area contributed by atoms with Gasteiger partial charge in [-0.1, -0.05) is 27.5 Å². The maximum Gasteiger partial charge on any atom is 0.416 e. The van der Waals surface area contributed by atoms with E-state index in [1.165, 1.54) is 17.0 Å². The molecule has 0 fully saturated rings. The number of nitrogens with one attached hydrogen (secondary N) is 3. The highest BCUT2D eigenvalue weighted by molar-refractivity contribution is 9.10. The molecule has 0 radical (unpaired) electrons. The Bertz CT molecular complexity index is 1470. The van der Waals surface area contributed by atoms with E-state index in [9.17, 15) is 31.5 Å². The Morgan fingerprint density at radius 2 is 1.84 bits per heavy atom. The third-order valence-corrected chi connectivity index (χ3v) is 7.10. The molecule has 0 aliphatic carbocycles. The number of hydrogen-bond acceptors (Lipinski definition) is 2. The lowest BCUT2D eigenvalue weighted by Gasteiger charge is -2.35. The number of carbonyl (C=O) groups is 2. The number of benzene rings is 3. The van der Waals surface area contributed by atoms with Gasteiger partial charge in [0.05, 0.1) is 23.0 Å². The van der Waals surface area contributed by atoms with Gasteiger partial charge in [-0.2, -0.15) is 13.2 Å². The van der Waals surface area contributed by atoms with Crippen LogP contribution in [0.25, 0.3) is 0 Å². The molecule has 4 amide bonds. The van der Waals surface area contributed by atoms with Crippen LogP contribution in [0.2, 0.25) is 5.02 Å². The summed E-state index contributed by atoms with van der Waals surface area (Å²) < 4.78 is 67.7. The lowest BCUT2D eigenvalue weighted by Crippen LogP contribution is -2.46. The quantitative estimate of drug-likeness (QED) is 0.278. The van der Waals surface area contributed by atoms with E-state index in [1.54, 1.807) is 6.07 Å². The average Bonchev–Trinajstić information content (AvgIpc) is 3.25. The number of urea groups is 2. The van der Waals surface area contributed by atoms with E-state index in [2.05, 4.69) is 31.9 Å². The molecule has 0 saturated heterocycles. The average molecular weight is 602 g/mol. The maximum absolute atomic E-state index is 14.1. The minimum absolute atomic E-state index is 0.171. The standard InChI is InChI=1S/C24H15BrClF5N4O2/c25-16-9-18(33-22(36)32-13-6-10(24(29,30)31)5-12(28)7-13)19-20(15-8-11(27)1-2-17(15)26)34-23(37)35-4-3-14(16)21(19)35/h1-2,5-9,20H,3-4H2,(H,34,37)(H2,32,33,36). The smallest absolute Gasteiger partial charge is 0.327 e. The van der Waals surface area contributed by atoms with Crippen LogP contribution in [0.4, 0.5) is 48.6 Å². The number of nitrogens with zero attached hydrogens (tertiary/aromatic N) is 1. The second kappa shape index (κ2) is 9.18. The van der Waals surface area contributed by atoms with Gasteiger partial charge in [-0.15, -0.1) is 0 Å². The summed E-state index contributed by atoms with van der Waals surface area (Å²) in [5.74, 6) is -1.77. The molecule has 1 atom stereocenters. The maximum atomic E-state index is 14.1. The van der Waals surface area contributed by atoms with Gasteiger partial charge < -0.3 is 16.0 Å². The second-order valence-electron chi connectivity index (χ2n) is 8.40. The van der Waals surface area contributed by atoms with Crippen molar-refractivity contribution in [3.63, 3.8) is 0 Å². The minimum atomic E-state index is -4.82. The molecule has 0 saturated carbocycles. The van der Waals surface area contributed by atoms with Crippen molar-refractivity contribution < 1.29 is 31.5 Å². The van der Waals surface area contributed by atoms with Crippen molar-refractivity contribution in [2.24, 2.45) is 0 Å². The highest BCUT2D eigenvalue weighted by Crippen LogP contribution is 2.48. The Kier molecular flexibility index (Phi) is 6.27. The van der Waals surface area contributed by atoms with Gasteiger partial charge in [0.25, 0.3) is 0 Å². The van der Waals surface area contributed by atoms with Gasteiger partial charge in [-0.3, -0.25) is 4.90 Å². The predicted octanol–water partition coefficient (Wildman–Crippen LogP) is 7.22. The Morgan fingerprint density at radius 1 is 1.08 bits per heavy atom.